The summed E-state index contributed by atoms with van der Waals surface area (Å²) in [6.45, 7) is 2.43. The van der Waals surface area contributed by atoms with E-state index in [0.29, 0.717) is 27.9 Å². The summed E-state index contributed by atoms with van der Waals surface area (Å²) in [6, 6.07) is 12.3. The Labute approximate surface area is 162 Å². The van der Waals surface area contributed by atoms with Gasteiger partial charge in [-0.25, -0.2) is 4.99 Å². The number of benzene rings is 2. The second-order valence-corrected chi connectivity index (χ2v) is 6.69. The molecule has 0 radical (unpaired) electrons. The number of amides is 1. The van der Waals surface area contributed by atoms with Crippen molar-refractivity contribution in [2.45, 2.75) is 6.92 Å². The number of rotatable bonds is 5. The first kappa shape index (κ1) is 18.8. The number of likely N-dealkylation sites (N-methyl/N-ethyl adjacent to an activating group) is 1. The van der Waals surface area contributed by atoms with Crippen LogP contribution in [0.25, 0.3) is 6.08 Å². The molecular weight excluding hydrogens is 364 g/mol. The fourth-order valence-corrected chi connectivity index (χ4v) is 3.65. The van der Waals surface area contributed by atoms with E-state index in [1.165, 1.54) is 18.9 Å². The van der Waals surface area contributed by atoms with E-state index < -0.39 is 0 Å². The third kappa shape index (κ3) is 4.09. The summed E-state index contributed by atoms with van der Waals surface area (Å²) in [7, 11) is 3.10. The van der Waals surface area contributed by atoms with E-state index in [9.17, 15) is 9.90 Å². The van der Waals surface area contributed by atoms with Crippen molar-refractivity contribution in [3.05, 3.63) is 52.9 Å². The Kier molecular flexibility index (Phi) is 5.71. The number of carbonyl (C=O) groups is 1. The van der Waals surface area contributed by atoms with Gasteiger partial charge in [0.25, 0.3) is 5.91 Å². The number of amidine groups is 1. The van der Waals surface area contributed by atoms with Crippen LogP contribution in [0.1, 0.15) is 12.5 Å². The number of thioether (sulfide) groups is 1. The first-order valence-electron chi connectivity index (χ1n) is 8.37. The van der Waals surface area contributed by atoms with E-state index in [4.69, 9.17) is 9.47 Å². The number of hydrogen-bond donors (Lipinski definition) is 1. The Balaban J connectivity index is 1.89. The first-order valence-corrected chi connectivity index (χ1v) is 9.18. The molecule has 1 aliphatic heterocycles. The summed E-state index contributed by atoms with van der Waals surface area (Å²) in [4.78, 5) is 19.5. The summed E-state index contributed by atoms with van der Waals surface area (Å²) in [5.74, 6) is 1.06. The zero-order valence-electron chi connectivity index (χ0n) is 15.3. The molecule has 1 N–H and O–H groups in total. The van der Waals surface area contributed by atoms with E-state index in [0.717, 1.165) is 11.4 Å². The molecule has 3 rings (SSSR count). The lowest BCUT2D eigenvalue weighted by Gasteiger charge is -2.12. The van der Waals surface area contributed by atoms with Crippen LogP contribution in [0.5, 0.6) is 17.2 Å². The van der Waals surface area contributed by atoms with Gasteiger partial charge in [-0.3, -0.25) is 9.69 Å². The van der Waals surface area contributed by atoms with Gasteiger partial charge in [-0.1, -0.05) is 6.07 Å². The minimum Gasteiger partial charge on any atom is -0.504 e. The Morgan fingerprint density at radius 1 is 1.15 bits per heavy atom. The van der Waals surface area contributed by atoms with Crippen LogP contribution in [-0.2, 0) is 4.79 Å². The number of aliphatic imine (C=N–C) groups is 1. The molecule has 0 atom stereocenters. The number of hydrogen-bond acceptors (Lipinski definition) is 6. The molecule has 2 aromatic carbocycles. The molecule has 0 saturated carbocycles. The van der Waals surface area contributed by atoms with E-state index >= 15 is 0 Å². The second kappa shape index (κ2) is 8.18. The van der Waals surface area contributed by atoms with Crippen molar-refractivity contribution in [1.29, 1.82) is 0 Å². The lowest BCUT2D eigenvalue weighted by atomic mass is 10.2. The quantitative estimate of drug-likeness (QED) is 0.788. The maximum Gasteiger partial charge on any atom is 0.266 e. The highest BCUT2D eigenvalue weighted by Gasteiger charge is 2.32. The van der Waals surface area contributed by atoms with Gasteiger partial charge in [0.2, 0.25) is 0 Å². The monoisotopic (exact) mass is 384 g/mol. The molecule has 1 amide bonds. The number of ether oxygens (including phenoxy) is 2. The topological polar surface area (TPSA) is 71.4 Å². The molecule has 7 heteroatoms. The number of phenols is 1. The molecule has 0 bridgehead atoms. The summed E-state index contributed by atoms with van der Waals surface area (Å²) < 4.78 is 10.2. The molecule has 1 fully saturated rings. The van der Waals surface area contributed by atoms with Crippen LogP contribution in [0.15, 0.2) is 52.4 Å². The molecule has 0 aliphatic carbocycles. The highest BCUT2D eigenvalue weighted by atomic mass is 32.2. The average molecular weight is 384 g/mol. The number of methoxy groups -OCH3 is 2. The zero-order valence-corrected chi connectivity index (χ0v) is 16.1. The van der Waals surface area contributed by atoms with Crippen molar-refractivity contribution in [2.75, 3.05) is 20.8 Å². The number of carbonyl (C=O) groups excluding carboxylic acids is 1. The van der Waals surface area contributed by atoms with Crippen LogP contribution in [0.3, 0.4) is 0 Å². The number of aromatic hydroxyl groups is 1. The Morgan fingerprint density at radius 2 is 1.89 bits per heavy atom. The van der Waals surface area contributed by atoms with E-state index in [-0.39, 0.29) is 11.7 Å². The van der Waals surface area contributed by atoms with Crippen LogP contribution < -0.4 is 9.47 Å². The molecule has 1 saturated heterocycles. The third-order valence-corrected chi connectivity index (χ3v) is 5.01. The number of nitrogens with zero attached hydrogens (tertiary/aromatic N) is 2. The molecule has 0 unspecified atom stereocenters. The maximum absolute atomic E-state index is 12.7. The largest absolute Gasteiger partial charge is 0.504 e. The van der Waals surface area contributed by atoms with Gasteiger partial charge in [0.15, 0.2) is 16.7 Å². The lowest BCUT2D eigenvalue weighted by Crippen LogP contribution is -2.28. The second-order valence-electron chi connectivity index (χ2n) is 5.68. The van der Waals surface area contributed by atoms with Crippen molar-refractivity contribution < 1.29 is 19.4 Å². The summed E-state index contributed by atoms with van der Waals surface area (Å²) >= 11 is 1.31. The molecule has 140 valence electrons. The van der Waals surface area contributed by atoms with Crippen LogP contribution in [0.4, 0.5) is 5.69 Å². The van der Waals surface area contributed by atoms with Gasteiger partial charge in [0.05, 0.1) is 24.8 Å². The SMILES string of the molecule is CCN1C(=O)/C(=C\c2ccc(OC)c(O)c2)SC1=Nc1ccc(OC)cc1. The smallest absolute Gasteiger partial charge is 0.266 e. The third-order valence-electron chi connectivity index (χ3n) is 4.00. The predicted octanol–water partition coefficient (Wildman–Crippen LogP) is 4.03. The van der Waals surface area contributed by atoms with Crippen molar-refractivity contribution >= 4 is 34.6 Å². The van der Waals surface area contributed by atoms with Crippen molar-refractivity contribution in [3.8, 4) is 17.2 Å². The summed E-state index contributed by atoms with van der Waals surface area (Å²) in [6.07, 6.45) is 1.74. The lowest BCUT2D eigenvalue weighted by molar-refractivity contribution is -0.122. The predicted molar refractivity (Wildman–Crippen MR) is 108 cm³/mol. The molecule has 1 aliphatic rings. The van der Waals surface area contributed by atoms with Gasteiger partial charge in [-0.15, -0.1) is 0 Å². The van der Waals surface area contributed by atoms with E-state index in [1.54, 1.807) is 36.3 Å². The van der Waals surface area contributed by atoms with Crippen LogP contribution in [0.2, 0.25) is 0 Å². The molecule has 0 aromatic heterocycles. The molecule has 6 nitrogen and oxygen atoms in total. The molecule has 2 aromatic rings. The average Bonchev–Trinajstić information content (AvgIpc) is 2.96. The normalized spacial score (nSPS) is 17.0. The van der Waals surface area contributed by atoms with Gasteiger partial charge in [-0.2, -0.15) is 0 Å². The van der Waals surface area contributed by atoms with Crippen molar-refractivity contribution in [3.63, 3.8) is 0 Å². The molecular formula is C20H20N2O4S. The van der Waals surface area contributed by atoms with Gasteiger partial charge in [0.1, 0.15) is 5.75 Å². The highest BCUT2D eigenvalue weighted by Crippen LogP contribution is 2.35. The summed E-state index contributed by atoms with van der Waals surface area (Å²) in [5, 5.41) is 10.6. The van der Waals surface area contributed by atoms with Crippen LogP contribution in [0, 0.1) is 0 Å². The minimum atomic E-state index is -0.106. The maximum atomic E-state index is 12.7. The Hall–Kier alpha value is -2.93. The van der Waals surface area contributed by atoms with Gasteiger partial charge in [-0.05, 0) is 66.7 Å². The van der Waals surface area contributed by atoms with Crippen LogP contribution in [-0.4, -0.2) is 41.8 Å². The molecule has 27 heavy (non-hydrogen) atoms. The van der Waals surface area contributed by atoms with Crippen molar-refractivity contribution in [1.82, 2.24) is 4.90 Å². The summed E-state index contributed by atoms with van der Waals surface area (Å²) in [5.41, 5.74) is 1.46. The van der Waals surface area contributed by atoms with Gasteiger partial charge >= 0.3 is 0 Å². The highest BCUT2D eigenvalue weighted by molar-refractivity contribution is 8.18. The van der Waals surface area contributed by atoms with Gasteiger partial charge in [0, 0.05) is 6.54 Å². The number of phenolic OH excluding ortho intramolecular Hbond substituents is 1. The Morgan fingerprint density at radius 3 is 2.48 bits per heavy atom. The fraction of sp³-hybridized carbons (Fsp3) is 0.200. The van der Waals surface area contributed by atoms with E-state index in [2.05, 4.69) is 4.99 Å². The Bertz CT molecular complexity index is 907. The standard InChI is InChI=1S/C20H20N2O4S/c1-4-22-19(24)18(12-13-5-10-17(26-3)16(23)11-13)27-20(22)21-14-6-8-15(25-2)9-7-14/h5-12,23H,4H2,1-3H3/b18-12+,21-20?. The molecule has 0 spiro atoms. The van der Waals surface area contributed by atoms with E-state index in [1.807, 2.05) is 31.2 Å². The van der Waals surface area contributed by atoms with Crippen LogP contribution >= 0.6 is 11.8 Å². The first-order chi connectivity index (χ1) is 13.0. The van der Waals surface area contributed by atoms with Gasteiger partial charge < -0.3 is 14.6 Å². The van der Waals surface area contributed by atoms with Crippen molar-refractivity contribution in [2.24, 2.45) is 4.99 Å². The molecule has 1 heterocycles. The zero-order chi connectivity index (χ0) is 19.4. The minimum absolute atomic E-state index is 0.0294. The fourth-order valence-electron chi connectivity index (χ4n) is 2.59.